The Balaban J connectivity index is 2.32. The van der Waals surface area contributed by atoms with Gasteiger partial charge in [-0.3, -0.25) is 0 Å². The summed E-state index contributed by atoms with van der Waals surface area (Å²) in [5.74, 6) is 1.04. The van der Waals surface area contributed by atoms with E-state index in [4.69, 9.17) is 22.1 Å². The third-order valence-corrected chi connectivity index (χ3v) is 3.25. The summed E-state index contributed by atoms with van der Waals surface area (Å²) in [7, 11) is 3.39. The van der Waals surface area contributed by atoms with Crippen molar-refractivity contribution in [2.75, 3.05) is 12.8 Å². The van der Waals surface area contributed by atoms with E-state index in [0.717, 1.165) is 5.56 Å². The molecule has 2 aromatic heterocycles. The molecule has 2 heterocycles. The third-order valence-electron chi connectivity index (χ3n) is 3.03. The van der Waals surface area contributed by atoms with Crippen LogP contribution in [0.1, 0.15) is 0 Å². The van der Waals surface area contributed by atoms with E-state index in [1.807, 2.05) is 6.07 Å². The number of halogens is 1. The van der Waals surface area contributed by atoms with Gasteiger partial charge in [-0.1, -0.05) is 11.6 Å². The summed E-state index contributed by atoms with van der Waals surface area (Å²) in [5.41, 5.74) is 8.11. The molecule has 3 rings (SSSR count). The number of hydrogen-bond acceptors (Lipinski definition) is 5. The second-order valence-corrected chi connectivity index (χ2v) is 4.75. The molecule has 7 heteroatoms. The largest absolute Gasteiger partial charge is 0.497 e. The van der Waals surface area contributed by atoms with Crippen LogP contribution in [-0.4, -0.2) is 26.9 Å². The molecule has 0 bridgehead atoms. The van der Waals surface area contributed by atoms with Gasteiger partial charge in [0.1, 0.15) is 23.6 Å². The quantitative estimate of drug-likeness (QED) is 0.783. The Morgan fingerprint density at radius 2 is 2.05 bits per heavy atom. The number of ether oxygens (including phenoxy) is 1. The van der Waals surface area contributed by atoms with Crippen molar-refractivity contribution in [1.29, 1.82) is 0 Å². The normalized spacial score (nSPS) is 10.9. The number of aryl methyl sites for hydroxylation is 1. The van der Waals surface area contributed by atoms with Crippen LogP contribution in [0.2, 0.25) is 5.02 Å². The van der Waals surface area contributed by atoms with Crippen molar-refractivity contribution in [2.45, 2.75) is 0 Å². The first-order chi connectivity index (χ1) is 9.60. The molecule has 0 unspecified atom stereocenters. The van der Waals surface area contributed by atoms with Gasteiger partial charge in [0.15, 0.2) is 5.65 Å². The van der Waals surface area contributed by atoms with Crippen molar-refractivity contribution < 1.29 is 4.74 Å². The molecule has 0 aliphatic heterocycles. The summed E-state index contributed by atoms with van der Waals surface area (Å²) in [6.07, 6.45) is 1.42. The molecule has 0 saturated carbocycles. The van der Waals surface area contributed by atoms with E-state index in [2.05, 4.69) is 15.1 Å². The van der Waals surface area contributed by atoms with Gasteiger partial charge in [-0.15, -0.1) is 0 Å². The number of hydrogen-bond donors (Lipinski definition) is 1. The fourth-order valence-corrected chi connectivity index (χ4v) is 2.35. The van der Waals surface area contributed by atoms with E-state index >= 15 is 0 Å². The molecule has 0 atom stereocenters. The zero-order valence-electron chi connectivity index (χ0n) is 11.0. The summed E-state index contributed by atoms with van der Waals surface area (Å²) in [6, 6.07) is 5.38. The Morgan fingerprint density at radius 3 is 2.80 bits per heavy atom. The zero-order chi connectivity index (χ0) is 14.3. The van der Waals surface area contributed by atoms with E-state index in [1.54, 1.807) is 31.0 Å². The lowest BCUT2D eigenvalue weighted by molar-refractivity contribution is 0.415. The Labute approximate surface area is 120 Å². The van der Waals surface area contributed by atoms with Crippen LogP contribution in [0.15, 0.2) is 24.5 Å². The van der Waals surface area contributed by atoms with Gasteiger partial charge in [0.05, 0.1) is 12.5 Å². The molecule has 102 valence electrons. The van der Waals surface area contributed by atoms with Gasteiger partial charge in [0, 0.05) is 17.6 Å². The maximum atomic E-state index is 6.10. The molecule has 0 radical (unpaired) electrons. The molecule has 0 fully saturated rings. The van der Waals surface area contributed by atoms with Crippen LogP contribution in [0.4, 0.5) is 5.82 Å². The lowest BCUT2D eigenvalue weighted by Crippen LogP contribution is -1.95. The van der Waals surface area contributed by atoms with Crippen LogP contribution >= 0.6 is 11.6 Å². The van der Waals surface area contributed by atoms with Gasteiger partial charge >= 0.3 is 0 Å². The summed E-state index contributed by atoms with van der Waals surface area (Å²) in [4.78, 5) is 8.22. The highest BCUT2D eigenvalue weighted by molar-refractivity contribution is 6.31. The first kappa shape index (κ1) is 12.7. The molecule has 0 aliphatic rings. The van der Waals surface area contributed by atoms with Gasteiger partial charge in [0.2, 0.25) is 0 Å². The predicted molar refractivity (Wildman–Crippen MR) is 77.7 cm³/mol. The Hall–Kier alpha value is -2.34. The van der Waals surface area contributed by atoms with E-state index in [0.29, 0.717) is 33.3 Å². The minimum Gasteiger partial charge on any atom is -0.497 e. The second-order valence-electron chi connectivity index (χ2n) is 4.31. The van der Waals surface area contributed by atoms with E-state index in [9.17, 15) is 0 Å². The van der Waals surface area contributed by atoms with E-state index in [1.165, 1.54) is 6.33 Å². The van der Waals surface area contributed by atoms with Gasteiger partial charge in [-0.25, -0.2) is 14.6 Å². The molecule has 0 aliphatic carbocycles. The summed E-state index contributed by atoms with van der Waals surface area (Å²) in [5, 5.41) is 5.73. The molecular weight excluding hydrogens is 278 g/mol. The average Bonchev–Trinajstić information content (AvgIpc) is 2.77. The van der Waals surface area contributed by atoms with Crippen molar-refractivity contribution in [3.05, 3.63) is 29.5 Å². The number of benzene rings is 1. The van der Waals surface area contributed by atoms with Gasteiger partial charge in [0.25, 0.3) is 0 Å². The highest BCUT2D eigenvalue weighted by Crippen LogP contribution is 2.33. The predicted octanol–water partition coefficient (Wildman–Crippen LogP) is 2.27. The number of anilines is 1. The van der Waals surface area contributed by atoms with Crippen LogP contribution in [0.3, 0.4) is 0 Å². The van der Waals surface area contributed by atoms with Crippen molar-refractivity contribution in [1.82, 2.24) is 19.7 Å². The SMILES string of the molecule is COc1cc(Cl)cc(-c2nn(C)c3ncnc(N)c23)c1. The minimum atomic E-state index is 0.386. The molecule has 0 spiro atoms. The Kier molecular flexibility index (Phi) is 2.94. The molecule has 2 N–H and O–H groups in total. The summed E-state index contributed by atoms with van der Waals surface area (Å²) >= 11 is 6.10. The van der Waals surface area contributed by atoms with Crippen LogP contribution in [0.5, 0.6) is 5.75 Å². The molecule has 0 amide bonds. The van der Waals surface area contributed by atoms with E-state index < -0.39 is 0 Å². The van der Waals surface area contributed by atoms with E-state index in [-0.39, 0.29) is 0 Å². The second kappa shape index (κ2) is 4.64. The lowest BCUT2D eigenvalue weighted by atomic mass is 10.1. The maximum absolute atomic E-state index is 6.10. The number of rotatable bonds is 2. The highest BCUT2D eigenvalue weighted by Gasteiger charge is 2.16. The monoisotopic (exact) mass is 289 g/mol. The van der Waals surface area contributed by atoms with Crippen LogP contribution < -0.4 is 10.5 Å². The first-order valence-electron chi connectivity index (χ1n) is 5.88. The van der Waals surface area contributed by atoms with Gasteiger partial charge in [-0.2, -0.15) is 5.10 Å². The summed E-state index contributed by atoms with van der Waals surface area (Å²) < 4.78 is 6.89. The standard InChI is InChI=1S/C13H12ClN5O/c1-19-13-10(12(15)16-6-17-13)11(18-19)7-3-8(14)5-9(4-7)20-2/h3-6H,1-2H3,(H2,15,16,17). The lowest BCUT2D eigenvalue weighted by Gasteiger charge is -2.04. The first-order valence-corrected chi connectivity index (χ1v) is 6.26. The molecule has 20 heavy (non-hydrogen) atoms. The zero-order valence-corrected chi connectivity index (χ0v) is 11.7. The maximum Gasteiger partial charge on any atom is 0.163 e. The molecule has 6 nitrogen and oxygen atoms in total. The number of nitrogens with zero attached hydrogens (tertiary/aromatic N) is 4. The minimum absolute atomic E-state index is 0.386. The molecule has 0 saturated heterocycles. The number of nitrogens with two attached hydrogens (primary N) is 1. The van der Waals surface area contributed by atoms with Crippen molar-refractivity contribution in [3.63, 3.8) is 0 Å². The fraction of sp³-hybridized carbons (Fsp3) is 0.154. The van der Waals surface area contributed by atoms with Gasteiger partial charge in [-0.05, 0) is 18.2 Å². The van der Waals surface area contributed by atoms with Gasteiger partial charge < -0.3 is 10.5 Å². The number of methoxy groups -OCH3 is 1. The van der Waals surface area contributed by atoms with Crippen molar-refractivity contribution >= 4 is 28.5 Å². The Bertz CT molecular complexity index is 799. The number of fused-ring (bicyclic) bond motifs is 1. The van der Waals surface area contributed by atoms with Crippen LogP contribution in [0, 0.1) is 0 Å². The Morgan fingerprint density at radius 1 is 1.25 bits per heavy atom. The van der Waals surface area contributed by atoms with Crippen molar-refractivity contribution in [3.8, 4) is 17.0 Å². The topological polar surface area (TPSA) is 78.8 Å². The van der Waals surface area contributed by atoms with Crippen LogP contribution in [-0.2, 0) is 7.05 Å². The molecule has 3 aromatic rings. The summed E-state index contributed by atoms with van der Waals surface area (Å²) in [6.45, 7) is 0. The number of nitrogen functional groups attached to an aromatic ring is 1. The molecule has 1 aromatic carbocycles. The van der Waals surface area contributed by atoms with Crippen LogP contribution in [0.25, 0.3) is 22.3 Å². The third kappa shape index (κ3) is 1.94. The molecular formula is C13H12ClN5O. The fourth-order valence-electron chi connectivity index (χ4n) is 2.13. The van der Waals surface area contributed by atoms with Crippen molar-refractivity contribution in [2.24, 2.45) is 7.05 Å². The number of aromatic nitrogens is 4. The highest BCUT2D eigenvalue weighted by atomic mass is 35.5. The smallest absolute Gasteiger partial charge is 0.163 e. The average molecular weight is 290 g/mol.